The number of nitrogens with zero attached hydrogens (tertiary/aromatic N) is 2. The first-order valence-electron chi connectivity index (χ1n) is 7.90. The molecule has 0 spiro atoms. The van der Waals surface area contributed by atoms with E-state index in [-0.39, 0.29) is 18.4 Å². The summed E-state index contributed by atoms with van der Waals surface area (Å²) >= 11 is 6.17. The number of pyridine rings is 1. The lowest BCUT2D eigenvalue weighted by atomic mass is 10.1. The Morgan fingerprint density at radius 1 is 1.33 bits per heavy atom. The normalized spacial score (nSPS) is 20.6. The van der Waals surface area contributed by atoms with E-state index in [2.05, 4.69) is 16.8 Å². The van der Waals surface area contributed by atoms with Gasteiger partial charge in [0.15, 0.2) is 0 Å². The highest BCUT2D eigenvalue weighted by Crippen LogP contribution is 2.27. The fourth-order valence-electron chi connectivity index (χ4n) is 2.92. The Balaban J connectivity index is 0.00000208. The van der Waals surface area contributed by atoms with Crippen LogP contribution >= 0.6 is 24.0 Å². The van der Waals surface area contributed by atoms with Crippen molar-refractivity contribution in [2.75, 3.05) is 13.1 Å². The molecule has 1 aliphatic rings. The average molecular weight is 368 g/mol. The zero-order chi connectivity index (χ0) is 16.2. The minimum absolute atomic E-state index is 0. The van der Waals surface area contributed by atoms with Gasteiger partial charge in [0.25, 0.3) is 0 Å². The highest BCUT2D eigenvalue weighted by molar-refractivity contribution is 6.30. The van der Waals surface area contributed by atoms with E-state index in [1.165, 1.54) is 0 Å². The van der Waals surface area contributed by atoms with Crippen molar-refractivity contribution in [1.82, 2.24) is 9.88 Å². The van der Waals surface area contributed by atoms with E-state index in [1.807, 2.05) is 36.5 Å². The second-order valence-electron chi connectivity index (χ2n) is 6.24. The first kappa shape index (κ1) is 19.0. The van der Waals surface area contributed by atoms with E-state index in [0.29, 0.717) is 12.5 Å². The third kappa shape index (κ3) is 4.84. The van der Waals surface area contributed by atoms with Crippen molar-refractivity contribution in [3.8, 4) is 5.75 Å². The summed E-state index contributed by atoms with van der Waals surface area (Å²) in [6.07, 6.45) is 3.58. The number of ether oxygens (including phenoxy) is 1. The second-order valence-corrected chi connectivity index (χ2v) is 6.67. The van der Waals surface area contributed by atoms with Gasteiger partial charge in [0.2, 0.25) is 0 Å². The summed E-state index contributed by atoms with van der Waals surface area (Å²) in [4.78, 5) is 6.47. The molecule has 2 atom stereocenters. The number of halogens is 2. The largest absolute Gasteiger partial charge is 0.489 e. The van der Waals surface area contributed by atoms with Gasteiger partial charge >= 0.3 is 0 Å². The maximum atomic E-state index is 6.17. The summed E-state index contributed by atoms with van der Waals surface area (Å²) in [5.41, 5.74) is 8.27. The standard InChI is InChI=1S/C18H22ClN3O.ClH/c1-13-9-22(11-17(13)20)10-15-7-16(19)4-5-18(15)23-12-14-3-2-6-21-8-14;/h2-8,13,17H,9-12,20H2,1H3;1H. The smallest absolute Gasteiger partial charge is 0.124 e. The van der Waals surface area contributed by atoms with Crippen LogP contribution in [0.5, 0.6) is 5.75 Å². The van der Waals surface area contributed by atoms with Crippen LogP contribution in [0.15, 0.2) is 42.7 Å². The topological polar surface area (TPSA) is 51.4 Å². The molecule has 24 heavy (non-hydrogen) atoms. The Morgan fingerprint density at radius 3 is 2.83 bits per heavy atom. The van der Waals surface area contributed by atoms with Crippen LogP contribution in [0.3, 0.4) is 0 Å². The van der Waals surface area contributed by atoms with Crippen LogP contribution in [-0.2, 0) is 13.2 Å². The van der Waals surface area contributed by atoms with Gasteiger partial charge in [-0.3, -0.25) is 9.88 Å². The van der Waals surface area contributed by atoms with Gasteiger partial charge in [0.1, 0.15) is 12.4 Å². The van der Waals surface area contributed by atoms with E-state index in [0.717, 1.165) is 41.5 Å². The van der Waals surface area contributed by atoms with Crippen molar-refractivity contribution in [3.63, 3.8) is 0 Å². The monoisotopic (exact) mass is 367 g/mol. The molecule has 1 saturated heterocycles. The van der Waals surface area contributed by atoms with Crippen LogP contribution in [0.4, 0.5) is 0 Å². The molecule has 2 aromatic rings. The zero-order valence-corrected chi connectivity index (χ0v) is 15.3. The molecule has 3 rings (SSSR count). The predicted molar refractivity (Wildman–Crippen MR) is 99.7 cm³/mol. The van der Waals surface area contributed by atoms with Gasteiger partial charge in [-0.05, 0) is 30.2 Å². The Kier molecular flexibility index (Phi) is 6.87. The number of hydrogen-bond donors (Lipinski definition) is 1. The number of aromatic nitrogens is 1. The van der Waals surface area contributed by atoms with Gasteiger partial charge < -0.3 is 10.5 Å². The Hall–Kier alpha value is -1.33. The molecule has 4 nitrogen and oxygen atoms in total. The van der Waals surface area contributed by atoms with Gasteiger partial charge in [-0.25, -0.2) is 0 Å². The van der Waals surface area contributed by atoms with Crippen molar-refractivity contribution >= 4 is 24.0 Å². The Labute approximate surface area is 154 Å². The van der Waals surface area contributed by atoms with E-state index in [9.17, 15) is 0 Å². The average Bonchev–Trinajstić information content (AvgIpc) is 2.85. The first-order valence-corrected chi connectivity index (χ1v) is 8.27. The molecule has 0 saturated carbocycles. The number of benzene rings is 1. The van der Waals surface area contributed by atoms with Crippen molar-refractivity contribution in [2.24, 2.45) is 11.7 Å². The molecular formula is C18H23Cl2N3O. The number of hydrogen-bond acceptors (Lipinski definition) is 4. The lowest BCUT2D eigenvalue weighted by Crippen LogP contribution is -2.28. The van der Waals surface area contributed by atoms with Crippen molar-refractivity contribution in [1.29, 1.82) is 0 Å². The number of rotatable bonds is 5. The number of nitrogens with two attached hydrogens (primary N) is 1. The van der Waals surface area contributed by atoms with E-state index >= 15 is 0 Å². The SMILES string of the molecule is CC1CN(Cc2cc(Cl)ccc2OCc2cccnc2)CC1N.Cl. The van der Waals surface area contributed by atoms with E-state index in [4.69, 9.17) is 22.1 Å². The summed E-state index contributed by atoms with van der Waals surface area (Å²) in [5, 5.41) is 0.727. The fraction of sp³-hybridized carbons (Fsp3) is 0.389. The Morgan fingerprint density at radius 2 is 2.17 bits per heavy atom. The molecule has 2 heterocycles. The lowest BCUT2D eigenvalue weighted by Gasteiger charge is -2.18. The maximum Gasteiger partial charge on any atom is 0.124 e. The third-order valence-corrected chi connectivity index (χ3v) is 4.51. The molecule has 6 heteroatoms. The Bertz CT molecular complexity index is 644. The zero-order valence-electron chi connectivity index (χ0n) is 13.7. The van der Waals surface area contributed by atoms with Gasteiger partial charge in [-0.2, -0.15) is 0 Å². The van der Waals surface area contributed by atoms with Crippen molar-refractivity contribution in [3.05, 3.63) is 58.9 Å². The van der Waals surface area contributed by atoms with Crippen LogP contribution in [0, 0.1) is 5.92 Å². The summed E-state index contributed by atoms with van der Waals surface area (Å²) in [6, 6.07) is 9.94. The summed E-state index contributed by atoms with van der Waals surface area (Å²) < 4.78 is 5.99. The van der Waals surface area contributed by atoms with Crippen LogP contribution in [0.25, 0.3) is 0 Å². The molecule has 130 valence electrons. The highest BCUT2D eigenvalue weighted by atomic mass is 35.5. The van der Waals surface area contributed by atoms with Gasteiger partial charge in [-0.1, -0.05) is 24.6 Å². The predicted octanol–water partition coefficient (Wildman–Crippen LogP) is 3.51. The molecule has 1 aliphatic heterocycles. The molecule has 2 N–H and O–H groups in total. The molecular weight excluding hydrogens is 345 g/mol. The van der Waals surface area contributed by atoms with Crippen LogP contribution in [-0.4, -0.2) is 29.0 Å². The van der Waals surface area contributed by atoms with Gasteiger partial charge in [-0.15, -0.1) is 12.4 Å². The lowest BCUT2D eigenvalue weighted by molar-refractivity contribution is 0.282. The summed E-state index contributed by atoms with van der Waals surface area (Å²) in [5.74, 6) is 1.39. The molecule has 0 amide bonds. The second kappa shape index (κ2) is 8.67. The quantitative estimate of drug-likeness (QED) is 0.878. The van der Waals surface area contributed by atoms with Gasteiger partial charge in [0.05, 0.1) is 0 Å². The minimum Gasteiger partial charge on any atom is -0.489 e. The molecule has 1 aromatic carbocycles. The molecule has 0 aliphatic carbocycles. The number of likely N-dealkylation sites (tertiary alicyclic amines) is 1. The van der Waals surface area contributed by atoms with Crippen LogP contribution in [0.2, 0.25) is 5.02 Å². The minimum atomic E-state index is 0. The highest BCUT2D eigenvalue weighted by Gasteiger charge is 2.27. The third-order valence-electron chi connectivity index (χ3n) is 4.28. The van der Waals surface area contributed by atoms with Crippen LogP contribution < -0.4 is 10.5 Å². The molecule has 1 aromatic heterocycles. The molecule has 0 radical (unpaired) electrons. The van der Waals surface area contributed by atoms with E-state index < -0.39 is 0 Å². The first-order chi connectivity index (χ1) is 11.1. The molecule has 1 fully saturated rings. The molecule has 0 bridgehead atoms. The fourth-order valence-corrected chi connectivity index (χ4v) is 3.12. The van der Waals surface area contributed by atoms with E-state index in [1.54, 1.807) is 6.20 Å². The summed E-state index contributed by atoms with van der Waals surface area (Å²) in [7, 11) is 0. The summed E-state index contributed by atoms with van der Waals surface area (Å²) in [6.45, 7) is 5.42. The molecule has 2 unspecified atom stereocenters. The van der Waals surface area contributed by atoms with Crippen molar-refractivity contribution in [2.45, 2.75) is 26.1 Å². The van der Waals surface area contributed by atoms with Crippen LogP contribution in [0.1, 0.15) is 18.1 Å². The van der Waals surface area contributed by atoms with Crippen molar-refractivity contribution < 1.29 is 4.74 Å². The maximum absolute atomic E-state index is 6.17. The van der Waals surface area contributed by atoms with Gasteiger partial charge in [0, 0.05) is 54.2 Å².